The smallest absolute Gasteiger partial charge is 0.293 e. The van der Waals surface area contributed by atoms with Gasteiger partial charge in [-0.2, -0.15) is 11.8 Å². The first-order chi connectivity index (χ1) is 10.1. The molecule has 0 bridgehead atoms. The first-order valence-electron chi connectivity index (χ1n) is 6.52. The van der Waals surface area contributed by atoms with E-state index in [1.54, 1.807) is 17.8 Å². The van der Waals surface area contributed by atoms with E-state index in [0.717, 1.165) is 18.6 Å². The molecular weight excluding hydrogens is 292 g/mol. The lowest BCUT2D eigenvalue weighted by atomic mass is 10.2. The molecule has 0 fully saturated rings. The van der Waals surface area contributed by atoms with Crippen molar-refractivity contribution in [3.8, 4) is 0 Å². The Bertz CT molecular complexity index is 701. The van der Waals surface area contributed by atoms with Gasteiger partial charge in [-0.05, 0) is 30.9 Å². The Morgan fingerprint density at radius 2 is 2.24 bits per heavy atom. The van der Waals surface area contributed by atoms with Crippen LogP contribution in [0.1, 0.15) is 12.8 Å². The van der Waals surface area contributed by atoms with Crippen molar-refractivity contribution in [1.82, 2.24) is 9.97 Å². The molecule has 2 N–H and O–H groups in total. The maximum absolute atomic E-state index is 11.7. The van der Waals surface area contributed by atoms with Gasteiger partial charge in [0, 0.05) is 12.6 Å². The molecule has 112 valence electrons. The van der Waals surface area contributed by atoms with Crippen molar-refractivity contribution in [2.75, 3.05) is 23.9 Å². The summed E-state index contributed by atoms with van der Waals surface area (Å²) in [4.78, 5) is 28.8. The van der Waals surface area contributed by atoms with Crippen molar-refractivity contribution < 1.29 is 4.92 Å². The zero-order valence-corrected chi connectivity index (χ0v) is 12.4. The third-order valence-electron chi connectivity index (χ3n) is 3.05. The molecule has 0 radical (unpaired) electrons. The van der Waals surface area contributed by atoms with Crippen LogP contribution in [0.3, 0.4) is 0 Å². The second kappa shape index (κ2) is 7.07. The number of anilines is 1. The molecule has 1 heterocycles. The number of benzene rings is 1. The highest BCUT2D eigenvalue weighted by Gasteiger charge is 2.16. The molecule has 0 atom stereocenters. The van der Waals surface area contributed by atoms with Crippen LogP contribution >= 0.6 is 11.8 Å². The number of aromatic nitrogens is 2. The molecule has 0 spiro atoms. The number of nitrogens with zero attached hydrogens (tertiary/aromatic N) is 2. The second-order valence-electron chi connectivity index (χ2n) is 4.50. The van der Waals surface area contributed by atoms with Crippen LogP contribution < -0.4 is 10.9 Å². The van der Waals surface area contributed by atoms with E-state index in [4.69, 9.17) is 0 Å². The minimum Gasteiger partial charge on any atom is -0.379 e. The number of nitro benzene ring substituents is 1. The number of unbranched alkanes of at least 4 members (excludes halogenated alkanes) is 1. The van der Waals surface area contributed by atoms with Gasteiger partial charge >= 0.3 is 0 Å². The zero-order chi connectivity index (χ0) is 15.2. The molecule has 2 aromatic rings. The number of hydrogen-bond acceptors (Lipinski definition) is 6. The average Bonchev–Trinajstić information content (AvgIpc) is 2.46. The van der Waals surface area contributed by atoms with E-state index in [2.05, 4.69) is 15.3 Å². The molecule has 1 aromatic heterocycles. The Labute approximate surface area is 125 Å². The zero-order valence-electron chi connectivity index (χ0n) is 11.6. The molecule has 0 saturated carbocycles. The Morgan fingerprint density at radius 1 is 1.43 bits per heavy atom. The Morgan fingerprint density at radius 3 is 2.95 bits per heavy atom. The molecule has 0 aliphatic rings. The van der Waals surface area contributed by atoms with Crippen LogP contribution in [0.5, 0.6) is 0 Å². The van der Waals surface area contributed by atoms with Gasteiger partial charge in [0.2, 0.25) is 0 Å². The molecule has 0 aliphatic heterocycles. The standard InChI is InChI=1S/C13H16N4O3S/c1-21-5-3-2-4-14-11-7-10-9(6-12(11)17(19)20)13(18)16-8-15-10/h6-8,14H,2-5H2,1H3,(H,15,16,18). The molecule has 7 nitrogen and oxygen atoms in total. The first-order valence-corrected chi connectivity index (χ1v) is 7.91. The van der Waals surface area contributed by atoms with Gasteiger partial charge in [0.05, 0.1) is 22.2 Å². The number of H-pyrrole nitrogens is 1. The van der Waals surface area contributed by atoms with Crippen LogP contribution in [-0.4, -0.2) is 33.4 Å². The van der Waals surface area contributed by atoms with Gasteiger partial charge in [0.25, 0.3) is 11.2 Å². The highest BCUT2D eigenvalue weighted by Crippen LogP contribution is 2.27. The molecular formula is C13H16N4O3S. The fourth-order valence-electron chi connectivity index (χ4n) is 1.99. The van der Waals surface area contributed by atoms with Crippen molar-refractivity contribution in [2.24, 2.45) is 0 Å². The van der Waals surface area contributed by atoms with E-state index in [0.29, 0.717) is 17.7 Å². The summed E-state index contributed by atoms with van der Waals surface area (Å²) in [5.74, 6) is 1.07. The maximum atomic E-state index is 11.7. The maximum Gasteiger partial charge on any atom is 0.293 e. The average molecular weight is 308 g/mol. The summed E-state index contributed by atoms with van der Waals surface area (Å²) in [6.45, 7) is 0.649. The number of nitro groups is 1. The van der Waals surface area contributed by atoms with Crippen LogP contribution in [0.4, 0.5) is 11.4 Å². The summed E-state index contributed by atoms with van der Waals surface area (Å²) in [5, 5.41) is 14.4. The number of fused-ring (bicyclic) bond motifs is 1. The Kier molecular flexibility index (Phi) is 5.15. The second-order valence-corrected chi connectivity index (χ2v) is 5.49. The largest absolute Gasteiger partial charge is 0.379 e. The Hall–Kier alpha value is -2.09. The number of nitrogens with one attached hydrogen (secondary N) is 2. The van der Waals surface area contributed by atoms with Gasteiger partial charge in [-0.1, -0.05) is 0 Å². The fourth-order valence-corrected chi connectivity index (χ4v) is 2.48. The van der Waals surface area contributed by atoms with Crippen molar-refractivity contribution in [3.05, 3.63) is 38.9 Å². The molecule has 21 heavy (non-hydrogen) atoms. The van der Waals surface area contributed by atoms with Gasteiger partial charge < -0.3 is 10.3 Å². The summed E-state index contributed by atoms with van der Waals surface area (Å²) in [6.07, 6.45) is 5.32. The number of hydrogen-bond donors (Lipinski definition) is 2. The summed E-state index contributed by atoms with van der Waals surface area (Å²) >= 11 is 1.78. The predicted octanol–water partition coefficient (Wildman–Crippen LogP) is 2.39. The van der Waals surface area contributed by atoms with E-state index in [9.17, 15) is 14.9 Å². The summed E-state index contributed by atoms with van der Waals surface area (Å²) in [7, 11) is 0. The van der Waals surface area contributed by atoms with Gasteiger partial charge in [0.15, 0.2) is 0 Å². The van der Waals surface area contributed by atoms with Crippen LogP contribution in [0.2, 0.25) is 0 Å². The van der Waals surface area contributed by atoms with E-state index in [1.807, 2.05) is 6.26 Å². The van der Waals surface area contributed by atoms with Crippen molar-refractivity contribution >= 4 is 34.0 Å². The van der Waals surface area contributed by atoms with Gasteiger partial charge in [-0.25, -0.2) is 4.98 Å². The molecule has 0 amide bonds. The minimum absolute atomic E-state index is 0.106. The summed E-state index contributed by atoms with van der Waals surface area (Å²) < 4.78 is 0. The predicted molar refractivity (Wildman–Crippen MR) is 85.1 cm³/mol. The first kappa shape index (κ1) is 15.3. The van der Waals surface area contributed by atoms with E-state index < -0.39 is 4.92 Å². The van der Waals surface area contributed by atoms with Crippen molar-refractivity contribution in [1.29, 1.82) is 0 Å². The Balaban J connectivity index is 2.26. The number of thioether (sulfide) groups is 1. The molecule has 0 unspecified atom stereocenters. The van der Waals surface area contributed by atoms with E-state index in [-0.39, 0.29) is 16.6 Å². The number of rotatable bonds is 7. The molecule has 1 aromatic carbocycles. The molecule has 0 aliphatic carbocycles. The fraction of sp³-hybridized carbons (Fsp3) is 0.385. The van der Waals surface area contributed by atoms with Gasteiger partial charge in [0.1, 0.15) is 5.69 Å². The number of aromatic amines is 1. The summed E-state index contributed by atoms with van der Waals surface area (Å²) in [6, 6.07) is 2.82. The lowest BCUT2D eigenvalue weighted by Gasteiger charge is -2.08. The molecule has 2 rings (SSSR count). The third-order valence-corrected chi connectivity index (χ3v) is 3.74. The highest BCUT2D eigenvalue weighted by molar-refractivity contribution is 7.98. The van der Waals surface area contributed by atoms with Crippen LogP contribution in [-0.2, 0) is 0 Å². The minimum atomic E-state index is -0.490. The quantitative estimate of drug-likeness (QED) is 0.462. The SMILES string of the molecule is CSCCCCNc1cc2nc[nH]c(=O)c2cc1[N+](=O)[O-]. The highest BCUT2D eigenvalue weighted by atomic mass is 32.2. The van der Waals surface area contributed by atoms with Crippen LogP contribution in [0.15, 0.2) is 23.3 Å². The third kappa shape index (κ3) is 3.72. The van der Waals surface area contributed by atoms with Crippen LogP contribution in [0, 0.1) is 10.1 Å². The van der Waals surface area contributed by atoms with Crippen molar-refractivity contribution in [3.63, 3.8) is 0 Å². The van der Waals surface area contributed by atoms with Crippen LogP contribution in [0.25, 0.3) is 10.9 Å². The molecule has 0 saturated heterocycles. The van der Waals surface area contributed by atoms with Gasteiger partial charge in [-0.15, -0.1) is 0 Å². The lowest BCUT2D eigenvalue weighted by Crippen LogP contribution is -2.09. The summed E-state index contributed by atoms with van der Waals surface area (Å²) in [5.41, 5.74) is 0.353. The lowest BCUT2D eigenvalue weighted by molar-refractivity contribution is -0.383. The topological polar surface area (TPSA) is 101 Å². The van der Waals surface area contributed by atoms with E-state index in [1.165, 1.54) is 12.4 Å². The monoisotopic (exact) mass is 308 g/mol. The van der Waals surface area contributed by atoms with Crippen molar-refractivity contribution in [2.45, 2.75) is 12.8 Å². The van der Waals surface area contributed by atoms with Gasteiger partial charge in [-0.3, -0.25) is 14.9 Å². The van der Waals surface area contributed by atoms with E-state index >= 15 is 0 Å². The normalized spacial score (nSPS) is 10.7. The molecule has 8 heteroatoms.